The molecule has 0 radical (unpaired) electrons. The number of imidazole rings is 1. The number of hydrogen-bond acceptors (Lipinski definition) is 3. The Morgan fingerprint density at radius 1 is 1.44 bits per heavy atom. The molecule has 0 amide bonds. The summed E-state index contributed by atoms with van der Waals surface area (Å²) in [5, 5.41) is 3.45. The number of piperidine rings is 1. The van der Waals surface area contributed by atoms with E-state index in [4.69, 9.17) is 0 Å². The molecule has 1 fully saturated rings. The van der Waals surface area contributed by atoms with Crippen LogP contribution in [-0.4, -0.2) is 40.5 Å². The van der Waals surface area contributed by atoms with Crippen LogP contribution in [0.5, 0.6) is 0 Å². The molecule has 0 bridgehead atoms. The monoisotopic (exact) mass is 222 g/mol. The van der Waals surface area contributed by atoms with Crippen molar-refractivity contribution in [2.45, 2.75) is 38.8 Å². The third-order valence-electron chi connectivity index (χ3n) is 3.30. The van der Waals surface area contributed by atoms with Crippen LogP contribution in [0.4, 0.5) is 0 Å². The molecule has 2 heterocycles. The summed E-state index contributed by atoms with van der Waals surface area (Å²) >= 11 is 0. The normalized spacial score (nSPS) is 19.8. The third kappa shape index (κ3) is 3.32. The summed E-state index contributed by atoms with van der Waals surface area (Å²) < 4.78 is 0. The zero-order chi connectivity index (χ0) is 11.2. The van der Waals surface area contributed by atoms with Gasteiger partial charge in [-0.15, -0.1) is 0 Å². The summed E-state index contributed by atoms with van der Waals surface area (Å²) in [6.07, 6.45) is 7.80. The zero-order valence-electron chi connectivity index (χ0n) is 10.1. The first-order chi connectivity index (χ1) is 7.86. The van der Waals surface area contributed by atoms with Gasteiger partial charge in [-0.3, -0.25) is 4.90 Å². The average Bonchev–Trinajstić information content (AvgIpc) is 2.83. The van der Waals surface area contributed by atoms with E-state index >= 15 is 0 Å². The van der Waals surface area contributed by atoms with Gasteiger partial charge >= 0.3 is 0 Å². The lowest BCUT2D eigenvalue weighted by Crippen LogP contribution is -2.43. The van der Waals surface area contributed by atoms with Gasteiger partial charge in [-0.1, -0.05) is 6.42 Å². The van der Waals surface area contributed by atoms with Crippen molar-refractivity contribution in [3.05, 3.63) is 18.2 Å². The van der Waals surface area contributed by atoms with E-state index in [1.165, 1.54) is 32.4 Å². The Morgan fingerprint density at radius 3 is 2.94 bits per heavy atom. The summed E-state index contributed by atoms with van der Waals surface area (Å²) in [6, 6.07) is 0.635. The van der Waals surface area contributed by atoms with Gasteiger partial charge in [0.1, 0.15) is 5.82 Å². The maximum absolute atomic E-state index is 4.19. The van der Waals surface area contributed by atoms with Gasteiger partial charge in [0.15, 0.2) is 0 Å². The molecule has 0 saturated carbocycles. The summed E-state index contributed by atoms with van der Waals surface area (Å²) in [5.41, 5.74) is 0. The molecule has 1 atom stereocenters. The van der Waals surface area contributed by atoms with Crippen LogP contribution in [0.1, 0.15) is 32.0 Å². The number of hydrogen-bond donors (Lipinski definition) is 2. The van der Waals surface area contributed by atoms with Crippen molar-refractivity contribution in [3.8, 4) is 0 Å². The highest BCUT2D eigenvalue weighted by Crippen LogP contribution is 2.11. The van der Waals surface area contributed by atoms with Crippen LogP contribution >= 0.6 is 0 Å². The smallest absolute Gasteiger partial charge is 0.120 e. The lowest BCUT2D eigenvalue weighted by molar-refractivity contribution is 0.170. The molecular formula is C12H22N4. The molecule has 1 aromatic rings. The Hall–Kier alpha value is -0.870. The summed E-state index contributed by atoms with van der Waals surface area (Å²) in [6.45, 7) is 6.72. The minimum atomic E-state index is 0.635. The molecule has 4 nitrogen and oxygen atoms in total. The van der Waals surface area contributed by atoms with Crippen molar-refractivity contribution in [2.75, 3.05) is 19.6 Å². The quantitative estimate of drug-likeness (QED) is 0.791. The standard InChI is InChI=1S/C12H22N4/c1-11(16-7-3-2-4-8-16)9-13-10-12-14-5-6-15-12/h5-6,11,13H,2-4,7-10H2,1H3,(H,14,15). The zero-order valence-corrected chi connectivity index (χ0v) is 10.1. The Balaban J connectivity index is 1.65. The number of nitrogens with zero attached hydrogens (tertiary/aromatic N) is 2. The second-order valence-corrected chi connectivity index (χ2v) is 4.61. The lowest BCUT2D eigenvalue weighted by atomic mass is 10.1. The van der Waals surface area contributed by atoms with Crippen LogP contribution in [-0.2, 0) is 6.54 Å². The first-order valence-electron chi connectivity index (χ1n) is 6.29. The minimum absolute atomic E-state index is 0.635. The SMILES string of the molecule is CC(CNCc1ncc[nH]1)N1CCCCC1. The fourth-order valence-electron chi connectivity index (χ4n) is 2.28. The van der Waals surface area contributed by atoms with Crippen molar-refractivity contribution < 1.29 is 0 Å². The molecule has 1 aliphatic heterocycles. The maximum atomic E-state index is 4.19. The van der Waals surface area contributed by atoms with Gasteiger partial charge < -0.3 is 10.3 Å². The third-order valence-corrected chi connectivity index (χ3v) is 3.30. The molecule has 1 aliphatic rings. The van der Waals surface area contributed by atoms with Gasteiger partial charge in [0, 0.05) is 25.0 Å². The average molecular weight is 222 g/mol. The first kappa shape index (κ1) is 11.6. The second kappa shape index (κ2) is 6.01. The van der Waals surface area contributed by atoms with E-state index in [0.717, 1.165) is 18.9 Å². The fraction of sp³-hybridized carbons (Fsp3) is 0.750. The van der Waals surface area contributed by atoms with E-state index in [2.05, 4.69) is 27.1 Å². The molecule has 1 saturated heterocycles. The Labute approximate surface area is 97.4 Å². The van der Waals surface area contributed by atoms with Crippen molar-refractivity contribution in [1.82, 2.24) is 20.2 Å². The second-order valence-electron chi connectivity index (χ2n) is 4.61. The molecule has 0 spiro atoms. The summed E-state index contributed by atoms with van der Waals surface area (Å²) in [5.74, 6) is 1.02. The molecule has 2 rings (SSSR count). The maximum Gasteiger partial charge on any atom is 0.120 e. The Kier molecular flexibility index (Phi) is 4.36. The summed E-state index contributed by atoms with van der Waals surface area (Å²) in [7, 11) is 0. The van der Waals surface area contributed by atoms with Crippen molar-refractivity contribution >= 4 is 0 Å². The van der Waals surface area contributed by atoms with E-state index < -0.39 is 0 Å². The lowest BCUT2D eigenvalue weighted by Gasteiger charge is -2.32. The van der Waals surface area contributed by atoms with Crippen molar-refractivity contribution in [3.63, 3.8) is 0 Å². The van der Waals surface area contributed by atoms with Gasteiger partial charge in [-0.2, -0.15) is 0 Å². The van der Waals surface area contributed by atoms with Crippen LogP contribution in [0.15, 0.2) is 12.4 Å². The predicted molar refractivity (Wildman–Crippen MR) is 65.2 cm³/mol. The molecule has 0 aliphatic carbocycles. The van der Waals surface area contributed by atoms with E-state index in [-0.39, 0.29) is 0 Å². The molecule has 90 valence electrons. The van der Waals surface area contributed by atoms with E-state index in [9.17, 15) is 0 Å². The molecule has 1 unspecified atom stereocenters. The number of nitrogens with one attached hydrogen (secondary N) is 2. The largest absolute Gasteiger partial charge is 0.348 e. The number of likely N-dealkylation sites (tertiary alicyclic amines) is 1. The van der Waals surface area contributed by atoms with Crippen molar-refractivity contribution in [2.24, 2.45) is 0 Å². The van der Waals surface area contributed by atoms with E-state index in [1.54, 1.807) is 6.20 Å². The van der Waals surface area contributed by atoms with E-state index in [0.29, 0.717) is 6.04 Å². The highest BCUT2D eigenvalue weighted by atomic mass is 15.2. The molecule has 2 N–H and O–H groups in total. The number of aromatic amines is 1. The molecule has 0 aromatic carbocycles. The topological polar surface area (TPSA) is 44.0 Å². The van der Waals surface area contributed by atoms with Crippen LogP contribution in [0, 0.1) is 0 Å². The van der Waals surface area contributed by atoms with Gasteiger partial charge in [-0.25, -0.2) is 4.98 Å². The summed E-state index contributed by atoms with van der Waals surface area (Å²) in [4.78, 5) is 9.88. The van der Waals surface area contributed by atoms with Gasteiger partial charge in [-0.05, 0) is 32.9 Å². The van der Waals surface area contributed by atoms with Crippen LogP contribution < -0.4 is 5.32 Å². The van der Waals surface area contributed by atoms with Gasteiger partial charge in [0.05, 0.1) is 6.54 Å². The van der Waals surface area contributed by atoms with Gasteiger partial charge in [0.25, 0.3) is 0 Å². The molecular weight excluding hydrogens is 200 g/mol. The Bertz CT molecular complexity index is 277. The number of H-pyrrole nitrogens is 1. The minimum Gasteiger partial charge on any atom is -0.348 e. The number of rotatable bonds is 5. The fourth-order valence-corrected chi connectivity index (χ4v) is 2.28. The predicted octanol–water partition coefficient (Wildman–Crippen LogP) is 1.37. The van der Waals surface area contributed by atoms with Gasteiger partial charge in [0.2, 0.25) is 0 Å². The number of aromatic nitrogens is 2. The van der Waals surface area contributed by atoms with E-state index in [1.807, 2.05) is 6.20 Å². The van der Waals surface area contributed by atoms with Crippen LogP contribution in [0.2, 0.25) is 0 Å². The van der Waals surface area contributed by atoms with Crippen LogP contribution in [0.25, 0.3) is 0 Å². The first-order valence-corrected chi connectivity index (χ1v) is 6.29. The van der Waals surface area contributed by atoms with Crippen molar-refractivity contribution in [1.29, 1.82) is 0 Å². The molecule has 16 heavy (non-hydrogen) atoms. The highest BCUT2D eigenvalue weighted by molar-refractivity contribution is 4.86. The Morgan fingerprint density at radius 2 is 2.25 bits per heavy atom. The highest BCUT2D eigenvalue weighted by Gasteiger charge is 2.15. The van der Waals surface area contributed by atoms with Crippen LogP contribution in [0.3, 0.4) is 0 Å². The molecule has 4 heteroatoms. The molecule has 1 aromatic heterocycles.